The zero-order chi connectivity index (χ0) is 21.8. The average molecular weight is 429 g/mol. The van der Waals surface area contributed by atoms with Gasteiger partial charge >= 0.3 is 0 Å². The lowest BCUT2D eigenvalue weighted by atomic mass is 10.2. The summed E-state index contributed by atoms with van der Waals surface area (Å²) < 4.78 is 0. The third-order valence-corrected chi connectivity index (χ3v) is 16.2. The number of rotatable bonds is 6. The van der Waals surface area contributed by atoms with Crippen molar-refractivity contribution in [3.05, 3.63) is 103 Å². The highest BCUT2D eigenvalue weighted by Crippen LogP contribution is 2.36. The molecule has 0 bridgehead atoms. The van der Waals surface area contributed by atoms with Gasteiger partial charge in [-0.15, -0.1) is 0 Å². The Bertz CT molecular complexity index is 904. The van der Waals surface area contributed by atoms with Crippen LogP contribution in [0.4, 0.5) is 0 Å². The van der Waals surface area contributed by atoms with E-state index in [0.717, 1.165) is 0 Å². The Morgan fingerprint density at radius 2 is 1.00 bits per heavy atom. The second-order valence-corrected chi connectivity index (χ2v) is 18.4. The maximum atomic E-state index is 13.4. The fourth-order valence-corrected chi connectivity index (χ4v) is 9.21. The van der Waals surface area contributed by atoms with Crippen molar-refractivity contribution in [2.24, 2.45) is 0 Å². The third-order valence-electron chi connectivity index (χ3n) is 6.66. The van der Waals surface area contributed by atoms with E-state index in [1.54, 1.807) is 0 Å². The van der Waals surface area contributed by atoms with E-state index in [1.807, 2.05) is 6.08 Å². The molecule has 0 unspecified atom stereocenters. The molecule has 0 aliphatic carbocycles. The molecule has 0 aliphatic rings. The minimum Gasteiger partial charge on any atom is -0.301 e. The molecule has 30 heavy (non-hydrogen) atoms. The Hall–Kier alpha value is -2.50. The van der Waals surface area contributed by atoms with Gasteiger partial charge in [0.25, 0.3) is 0 Å². The highest BCUT2D eigenvalue weighted by Gasteiger charge is 2.42. The molecule has 0 radical (unpaired) electrons. The van der Waals surface area contributed by atoms with Gasteiger partial charge in [-0.25, -0.2) is 0 Å². The molecule has 0 aromatic heterocycles. The van der Waals surface area contributed by atoms with Crippen molar-refractivity contribution in [3.63, 3.8) is 0 Å². The van der Waals surface area contributed by atoms with Gasteiger partial charge in [-0.1, -0.05) is 131 Å². The molecule has 0 heterocycles. The molecule has 3 heteroatoms. The lowest BCUT2D eigenvalue weighted by Gasteiger charge is -2.35. The van der Waals surface area contributed by atoms with Gasteiger partial charge in [0.1, 0.15) is 13.5 Å². The number of carbonyl (C=O) groups is 1. The predicted octanol–water partition coefficient (Wildman–Crippen LogP) is 4.87. The van der Waals surface area contributed by atoms with Crippen molar-refractivity contribution in [1.82, 2.24) is 0 Å². The summed E-state index contributed by atoms with van der Waals surface area (Å²) in [5.41, 5.74) is 2.27. The first-order chi connectivity index (χ1) is 14.2. The number of carbonyl (C=O) groups excluding carboxylic acids is 1. The molecule has 0 amide bonds. The molecule has 154 valence electrons. The monoisotopic (exact) mass is 428 g/mol. The summed E-state index contributed by atoms with van der Waals surface area (Å²) in [6, 6.07) is 32.1. The molecule has 0 N–H and O–H groups in total. The molecule has 0 aliphatic heterocycles. The van der Waals surface area contributed by atoms with Crippen LogP contribution in [-0.2, 0) is 4.79 Å². The van der Waals surface area contributed by atoms with Crippen molar-refractivity contribution < 1.29 is 4.79 Å². The highest BCUT2D eigenvalue weighted by atomic mass is 28.3. The van der Waals surface area contributed by atoms with Crippen molar-refractivity contribution in [3.8, 4) is 0 Å². The van der Waals surface area contributed by atoms with Gasteiger partial charge in [0.05, 0.1) is 0 Å². The summed E-state index contributed by atoms with van der Waals surface area (Å²) in [5.74, 6) is 0. The summed E-state index contributed by atoms with van der Waals surface area (Å²) in [4.78, 5) is 13.4. The van der Waals surface area contributed by atoms with Crippen LogP contribution in [0.15, 0.2) is 103 Å². The molecule has 0 fully saturated rings. The van der Waals surface area contributed by atoms with Crippen LogP contribution < -0.4 is 15.6 Å². The minimum absolute atomic E-state index is 0.0187. The van der Waals surface area contributed by atoms with Crippen LogP contribution >= 0.6 is 0 Å². The molecule has 1 nitrogen and oxygen atoms in total. The molecule has 3 rings (SSSR count). The van der Waals surface area contributed by atoms with Gasteiger partial charge in [-0.2, -0.15) is 0 Å². The van der Waals surface area contributed by atoms with Gasteiger partial charge in [0.15, 0.2) is 8.07 Å². The first kappa shape index (κ1) is 22.2. The smallest absolute Gasteiger partial charge is 0.172 e. The number of allylic oxidation sites excluding steroid dienone is 1. The van der Waals surface area contributed by atoms with Crippen LogP contribution in [0.1, 0.15) is 20.8 Å². The van der Waals surface area contributed by atoms with Crippen LogP contribution in [0.25, 0.3) is 0 Å². The normalized spacial score (nSPS) is 12.8. The van der Waals surface area contributed by atoms with E-state index in [2.05, 4.69) is 131 Å². The fourth-order valence-electron chi connectivity index (χ4n) is 3.67. The zero-order valence-electron chi connectivity index (χ0n) is 18.7. The van der Waals surface area contributed by atoms with E-state index in [4.69, 9.17) is 0 Å². The fraction of sp³-hybridized carbons (Fsp3) is 0.222. The first-order valence-corrected chi connectivity index (χ1v) is 15.7. The Labute approximate surface area is 183 Å². The summed E-state index contributed by atoms with van der Waals surface area (Å²) in [6.07, 6.45) is 1.93. The third kappa shape index (κ3) is 4.18. The predicted molar refractivity (Wildman–Crippen MR) is 135 cm³/mol. The second-order valence-electron chi connectivity index (χ2n) is 9.48. The number of benzene rings is 3. The Morgan fingerprint density at radius 3 is 1.30 bits per heavy atom. The number of hydrogen-bond donors (Lipinski definition) is 0. The van der Waals surface area contributed by atoms with Crippen LogP contribution in [0.2, 0.25) is 18.1 Å². The standard InChI is InChI=1S/C27H32OSi2/c1-27(2,3)29(4,5)26(28)21-22-30(23-15-9-6-10-16-23,24-17-11-7-12-18-24)25-19-13-8-14-20-25/h6-22H,1-5H3/b22-21+. The molecular formula is C27H32OSi2. The van der Waals surface area contributed by atoms with Crippen molar-refractivity contribution in [1.29, 1.82) is 0 Å². The van der Waals surface area contributed by atoms with Crippen molar-refractivity contribution in [2.45, 2.75) is 38.9 Å². The summed E-state index contributed by atoms with van der Waals surface area (Å²) in [6.45, 7) is 11.0. The highest BCUT2D eigenvalue weighted by molar-refractivity contribution is 7.15. The topological polar surface area (TPSA) is 17.1 Å². The Balaban J connectivity index is 2.26. The zero-order valence-corrected chi connectivity index (χ0v) is 20.7. The maximum absolute atomic E-state index is 13.4. The van der Waals surface area contributed by atoms with E-state index in [1.165, 1.54) is 15.6 Å². The molecular weight excluding hydrogens is 396 g/mol. The lowest BCUT2D eigenvalue weighted by Crippen LogP contribution is -2.66. The van der Waals surface area contributed by atoms with E-state index < -0.39 is 16.1 Å². The lowest BCUT2D eigenvalue weighted by molar-refractivity contribution is -0.108. The molecule has 3 aromatic carbocycles. The van der Waals surface area contributed by atoms with E-state index >= 15 is 0 Å². The van der Waals surface area contributed by atoms with Gasteiger partial charge in [0, 0.05) is 0 Å². The quantitative estimate of drug-likeness (QED) is 0.311. The molecule has 0 spiro atoms. The van der Waals surface area contributed by atoms with Crippen LogP contribution in [0.3, 0.4) is 0 Å². The van der Waals surface area contributed by atoms with Crippen LogP contribution in [0, 0.1) is 0 Å². The minimum atomic E-state index is -2.50. The van der Waals surface area contributed by atoms with Crippen molar-refractivity contribution >= 4 is 37.1 Å². The molecule has 0 saturated heterocycles. The van der Waals surface area contributed by atoms with E-state index in [0.29, 0.717) is 5.41 Å². The Kier molecular flexibility index (Phi) is 6.44. The van der Waals surface area contributed by atoms with E-state index in [-0.39, 0.29) is 5.04 Å². The summed E-state index contributed by atoms with van der Waals surface area (Å²) >= 11 is 0. The second kappa shape index (κ2) is 8.70. The van der Waals surface area contributed by atoms with Crippen molar-refractivity contribution in [2.75, 3.05) is 0 Å². The molecule has 0 atom stereocenters. The summed E-state index contributed by atoms with van der Waals surface area (Å²) in [7, 11) is -4.62. The molecule has 0 saturated carbocycles. The largest absolute Gasteiger partial charge is 0.301 e. The van der Waals surface area contributed by atoms with Gasteiger partial charge < -0.3 is 4.79 Å². The average Bonchev–Trinajstić information content (AvgIpc) is 2.75. The Morgan fingerprint density at radius 1 is 0.667 bits per heavy atom. The summed E-state index contributed by atoms with van der Waals surface area (Å²) in [5, 5.41) is 4.21. The van der Waals surface area contributed by atoms with Crippen LogP contribution in [0.5, 0.6) is 0 Å². The first-order valence-electron chi connectivity index (χ1n) is 10.6. The van der Waals surface area contributed by atoms with Gasteiger partial charge in [-0.05, 0) is 26.7 Å². The SMILES string of the molecule is CC(C)(C)[Si](C)(C)C(=O)/C=C/[Si](c1ccccc1)(c1ccccc1)c1ccccc1. The van der Waals surface area contributed by atoms with Gasteiger partial charge in [0.2, 0.25) is 0 Å². The van der Waals surface area contributed by atoms with E-state index in [9.17, 15) is 4.79 Å². The number of hydrogen-bond acceptors (Lipinski definition) is 1. The van der Waals surface area contributed by atoms with Gasteiger partial charge in [-0.3, -0.25) is 0 Å². The van der Waals surface area contributed by atoms with Crippen LogP contribution in [-0.4, -0.2) is 21.6 Å². The molecule has 3 aromatic rings. The maximum Gasteiger partial charge on any atom is 0.172 e.